The summed E-state index contributed by atoms with van der Waals surface area (Å²) in [6.07, 6.45) is 8.19. The van der Waals surface area contributed by atoms with E-state index in [2.05, 4.69) is 15.9 Å². The van der Waals surface area contributed by atoms with E-state index in [9.17, 15) is 8.78 Å². The summed E-state index contributed by atoms with van der Waals surface area (Å²) >= 11 is 3.62. The lowest BCUT2D eigenvalue weighted by Gasteiger charge is -2.24. The number of hydrogen-bond acceptors (Lipinski definition) is 0. The highest BCUT2D eigenvalue weighted by molar-refractivity contribution is 9.09. The Bertz CT molecular complexity index is 386. The van der Waals surface area contributed by atoms with Crippen LogP contribution in [0.5, 0.6) is 0 Å². The average Bonchev–Trinajstić information content (AvgIpc) is 2.36. The zero-order valence-electron chi connectivity index (χ0n) is 10.5. The van der Waals surface area contributed by atoms with Gasteiger partial charge < -0.3 is 0 Å². The summed E-state index contributed by atoms with van der Waals surface area (Å²) in [6.45, 7) is 0. The maximum Gasteiger partial charge on any atom is 0.162 e. The van der Waals surface area contributed by atoms with Crippen molar-refractivity contribution in [1.82, 2.24) is 0 Å². The number of rotatable bonds is 4. The van der Waals surface area contributed by atoms with E-state index in [1.54, 1.807) is 12.1 Å². The molecule has 18 heavy (non-hydrogen) atoms. The van der Waals surface area contributed by atoms with Gasteiger partial charge in [-0.15, -0.1) is 0 Å². The fraction of sp³-hybridized carbons (Fsp3) is 0.600. The lowest BCUT2D eigenvalue weighted by Crippen LogP contribution is -2.14. The van der Waals surface area contributed by atoms with E-state index in [1.165, 1.54) is 38.2 Å². The fourth-order valence-corrected chi connectivity index (χ4v) is 3.69. The number of halogens is 3. The molecule has 0 N–H and O–H groups in total. The average molecular weight is 317 g/mol. The van der Waals surface area contributed by atoms with Gasteiger partial charge in [0, 0.05) is 4.83 Å². The topological polar surface area (TPSA) is 0 Å². The fourth-order valence-electron chi connectivity index (χ4n) is 2.81. The Morgan fingerprint density at radius 2 is 1.89 bits per heavy atom. The van der Waals surface area contributed by atoms with Crippen LogP contribution in [0.15, 0.2) is 18.2 Å². The Balaban J connectivity index is 1.90. The Morgan fingerprint density at radius 3 is 2.61 bits per heavy atom. The summed E-state index contributed by atoms with van der Waals surface area (Å²) in [7, 11) is 0. The van der Waals surface area contributed by atoms with Gasteiger partial charge in [0.2, 0.25) is 0 Å². The van der Waals surface area contributed by atoms with Crippen molar-refractivity contribution in [3.63, 3.8) is 0 Å². The van der Waals surface area contributed by atoms with Crippen molar-refractivity contribution in [2.24, 2.45) is 5.92 Å². The van der Waals surface area contributed by atoms with E-state index < -0.39 is 11.6 Å². The molecule has 3 heteroatoms. The van der Waals surface area contributed by atoms with Crippen molar-refractivity contribution in [3.8, 4) is 0 Å². The predicted octanol–water partition coefficient (Wildman–Crippen LogP) is 5.24. The number of benzene rings is 1. The summed E-state index contributed by atoms with van der Waals surface area (Å²) < 4.78 is 26.6. The van der Waals surface area contributed by atoms with Gasteiger partial charge in [-0.05, 0) is 30.4 Å². The highest BCUT2D eigenvalue weighted by atomic mass is 79.9. The van der Waals surface area contributed by atoms with Crippen molar-refractivity contribution in [2.75, 3.05) is 0 Å². The van der Waals surface area contributed by atoms with Crippen molar-refractivity contribution in [3.05, 3.63) is 35.4 Å². The van der Waals surface area contributed by atoms with Crippen molar-refractivity contribution in [1.29, 1.82) is 0 Å². The molecule has 1 aromatic rings. The molecule has 1 aliphatic carbocycles. The molecule has 0 radical (unpaired) electrons. The third-order valence-corrected chi connectivity index (χ3v) is 4.48. The quantitative estimate of drug-likeness (QED) is 0.666. The molecule has 100 valence electrons. The largest absolute Gasteiger partial charge is 0.204 e. The first-order valence-electron chi connectivity index (χ1n) is 6.73. The molecule has 0 spiro atoms. The third-order valence-electron chi connectivity index (χ3n) is 3.79. The monoisotopic (exact) mass is 316 g/mol. The first kappa shape index (κ1) is 14.0. The first-order valence-corrected chi connectivity index (χ1v) is 7.65. The Morgan fingerprint density at radius 1 is 1.17 bits per heavy atom. The van der Waals surface area contributed by atoms with Crippen LogP contribution in [-0.4, -0.2) is 4.83 Å². The highest BCUT2D eigenvalue weighted by Crippen LogP contribution is 2.30. The van der Waals surface area contributed by atoms with Gasteiger partial charge in [0.1, 0.15) is 0 Å². The second-order valence-corrected chi connectivity index (χ2v) is 6.55. The number of alkyl halides is 1. The minimum atomic E-state index is -0.745. The number of hydrogen-bond donors (Lipinski definition) is 0. The predicted molar refractivity (Wildman–Crippen MR) is 74.0 cm³/mol. The molecule has 1 aliphatic rings. The van der Waals surface area contributed by atoms with E-state index in [4.69, 9.17) is 0 Å². The van der Waals surface area contributed by atoms with Crippen LogP contribution in [0.3, 0.4) is 0 Å². The van der Waals surface area contributed by atoms with Gasteiger partial charge in [-0.25, -0.2) is 8.78 Å². The Kier molecular flexibility index (Phi) is 5.16. The van der Waals surface area contributed by atoms with Gasteiger partial charge >= 0.3 is 0 Å². The highest BCUT2D eigenvalue weighted by Gasteiger charge is 2.19. The minimum Gasteiger partial charge on any atom is -0.204 e. The lowest BCUT2D eigenvalue weighted by molar-refractivity contribution is 0.336. The maximum atomic E-state index is 13.5. The van der Waals surface area contributed by atoms with Crippen LogP contribution in [0.2, 0.25) is 0 Å². The van der Waals surface area contributed by atoms with E-state index >= 15 is 0 Å². The van der Waals surface area contributed by atoms with Crippen molar-refractivity contribution < 1.29 is 8.78 Å². The molecule has 0 aliphatic heterocycles. The van der Waals surface area contributed by atoms with E-state index in [1.807, 2.05) is 0 Å². The molecular formula is C15H19BrF2. The van der Waals surface area contributed by atoms with Crippen LogP contribution < -0.4 is 0 Å². The molecule has 0 bridgehead atoms. The summed E-state index contributed by atoms with van der Waals surface area (Å²) in [4.78, 5) is 0.247. The van der Waals surface area contributed by atoms with Crippen LogP contribution in [0.4, 0.5) is 8.78 Å². The molecule has 1 saturated carbocycles. The Labute approximate surface area is 116 Å². The zero-order valence-corrected chi connectivity index (χ0v) is 12.1. The maximum absolute atomic E-state index is 13.5. The molecule has 1 atom stereocenters. The molecule has 1 fully saturated rings. The van der Waals surface area contributed by atoms with Crippen LogP contribution in [0, 0.1) is 17.6 Å². The minimum absolute atomic E-state index is 0.247. The van der Waals surface area contributed by atoms with Crippen LogP contribution >= 0.6 is 15.9 Å². The molecule has 0 saturated heterocycles. The summed E-state index contributed by atoms with van der Waals surface area (Å²) in [6, 6.07) is 4.42. The lowest BCUT2D eigenvalue weighted by atomic mass is 9.85. The van der Waals surface area contributed by atoms with E-state index in [0.717, 1.165) is 12.3 Å². The molecule has 0 aromatic heterocycles. The molecule has 2 rings (SSSR count). The van der Waals surface area contributed by atoms with Crippen LogP contribution in [0.25, 0.3) is 0 Å². The molecular weight excluding hydrogens is 298 g/mol. The molecule has 1 aromatic carbocycles. The Hall–Kier alpha value is -0.440. The molecule has 0 heterocycles. The smallest absolute Gasteiger partial charge is 0.162 e. The van der Waals surface area contributed by atoms with Gasteiger partial charge in [-0.2, -0.15) is 0 Å². The first-order chi connectivity index (χ1) is 8.66. The second kappa shape index (κ2) is 6.65. The van der Waals surface area contributed by atoms with Gasteiger partial charge in [-0.1, -0.05) is 60.2 Å². The second-order valence-electron chi connectivity index (χ2n) is 5.25. The third kappa shape index (κ3) is 3.78. The van der Waals surface area contributed by atoms with Gasteiger partial charge in [0.25, 0.3) is 0 Å². The summed E-state index contributed by atoms with van der Waals surface area (Å²) in [5.74, 6) is -0.685. The molecule has 0 amide bonds. The van der Waals surface area contributed by atoms with Crippen LogP contribution in [0.1, 0.15) is 44.1 Å². The van der Waals surface area contributed by atoms with E-state index in [0.29, 0.717) is 12.0 Å². The van der Waals surface area contributed by atoms with Gasteiger partial charge in [0.15, 0.2) is 11.6 Å². The summed E-state index contributed by atoms with van der Waals surface area (Å²) in [5.41, 5.74) is 0.479. The van der Waals surface area contributed by atoms with Crippen LogP contribution in [-0.2, 0) is 6.42 Å². The van der Waals surface area contributed by atoms with Gasteiger partial charge in [-0.3, -0.25) is 0 Å². The van der Waals surface area contributed by atoms with Gasteiger partial charge in [0.05, 0.1) is 0 Å². The van der Waals surface area contributed by atoms with E-state index in [-0.39, 0.29) is 4.83 Å². The summed E-state index contributed by atoms with van der Waals surface area (Å²) in [5, 5.41) is 0. The van der Waals surface area contributed by atoms with Crippen molar-refractivity contribution >= 4 is 15.9 Å². The standard InChI is InChI=1S/C15H19BrF2/c16-13(9-11-5-2-1-3-6-11)10-12-7-4-8-14(17)15(12)18/h4,7-8,11,13H,1-3,5-6,9-10H2. The zero-order chi connectivity index (χ0) is 13.0. The molecule has 0 nitrogen and oxygen atoms in total. The SMILES string of the molecule is Fc1cccc(CC(Br)CC2CCCCC2)c1F. The normalized spacial score (nSPS) is 18.8. The molecule has 1 unspecified atom stereocenters. The van der Waals surface area contributed by atoms with Crippen molar-refractivity contribution in [2.45, 2.75) is 49.8 Å².